The maximum absolute atomic E-state index is 14.8. The number of imide groups is 2. The molecule has 8 nitrogen and oxygen atoms in total. The molecular formula is C33H18F6N4O4. The number of rotatable bonds is 4. The van der Waals surface area contributed by atoms with Gasteiger partial charge in [-0.25, -0.2) is 9.88 Å². The lowest BCUT2D eigenvalue weighted by Gasteiger charge is -2.38. The van der Waals surface area contributed by atoms with Gasteiger partial charge >= 0.3 is 12.4 Å². The van der Waals surface area contributed by atoms with Gasteiger partial charge in [-0.15, -0.1) is 0 Å². The summed E-state index contributed by atoms with van der Waals surface area (Å²) < 4.78 is 89.1. The average molecular weight is 649 g/mol. The number of carbonyl (C=O) groups is 4. The van der Waals surface area contributed by atoms with E-state index in [1.807, 2.05) is 29.6 Å². The van der Waals surface area contributed by atoms with Gasteiger partial charge in [-0.2, -0.15) is 26.3 Å². The Kier molecular flexibility index (Phi) is 6.43. The van der Waals surface area contributed by atoms with E-state index in [0.717, 1.165) is 16.8 Å². The number of aromatic amines is 1. The van der Waals surface area contributed by atoms with E-state index in [1.165, 1.54) is 12.1 Å². The number of nitrogens with one attached hydrogen (secondary N) is 2. The number of alkyl halides is 6. The first-order chi connectivity index (χ1) is 22.2. The predicted molar refractivity (Wildman–Crippen MR) is 155 cm³/mol. The molecule has 0 saturated carbocycles. The van der Waals surface area contributed by atoms with E-state index in [-0.39, 0.29) is 11.3 Å². The van der Waals surface area contributed by atoms with Gasteiger partial charge in [0, 0.05) is 5.56 Å². The van der Waals surface area contributed by atoms with Gasteiger partial charge in [-0.3, -0.25) is 24.5 Å². The minimum atomic E-state index is -6.05. The fourth-order valence-electron chi connectivity index (χ4n) is 6.10. The Morgan fingerprint density at radius 2 is 1.30 bits per heavy atom. The third kappa shape index (κ3) is 4.35. The monoisotopic (exact) mass is 648 g/mol. The zero-order valence-electron chi connectivity index (χ0n) is 23.6. The summed E-state index contributed by atoms with van der Waals surface area (Å²) in [4.78, 5) is 59.3. The molecule has 14 heteroatoms. The molecule has 3 aliphatic rings. The highest BCUT2D eigenvalue weighted by atomic mass is 19.4. The van der Waals surface area contributed by atoms with Crippen LogP contribution in [-0.4, -0.2) is 45.9 Å². The Morgan fingerprint density at radius 3 is 1.96 bits per heavy atom. The van der Waals surface area contributed by atoms with Crippen molar-refractivity contribution in [1.29, 1.82) is 0 Å². The molecule has 2 aliphatic heterocycles. The van der Waals surface area contributed by atoms with E-state index < -0.39 is 69.2 Å². The van der Waals surface area contributed by atoms with Gasteiger partial charge in [0.15, 0.2) is 0 Å². The van der Waals surface area contributed by atoms with Crippen molar-refractivity contribution in [3.8, 4) is 11.4 Å². The topological polar surface area (TPSA) is 112 Å². The number of imidazole rings is 1. The lowest BCUT2D eigenvalue weighted by molar-refractivity contribution is -0.288. The number of fused-ring (bicyclic) bond motifs is 3. The van der Waals surface area contributed by atoms with Crippen LogP contribution < -0.4 is 20.9 Å². The van der Waals surface area contributed by atoms with Crippen LogP contribution in [0.25, 0.3) is 23.5 Å². The summed E-state index contributed by atoms with van der Waals surface area (Å²) in [6, 6.07) is 9.11. The first-order valence-corrected chi connectivity index (χ1v) is 13.9. The summed E-state index contributed by atoms with van der Waals surface area (Å²) in [6.07, 6.45) is -3.81. The van der Waals surface area contributed by atoms with Crippen LogP contribution in [0.2, 0.25) is 0 Å². The Balaban J connectivity index is 1.30. The van der Waals surface area contributed by atoms with E-state index in [0.29, 0.717) is 53.0 Å². The molecule has 0 fully saturated rings. The maximum Gasteiger partial charge on any atom is 0.411 e. The second kappa shape index (κ2) is 10.1. The summed E-state index contributed by atoms with van der Waals surface area (Å²) in [5.41, 5.74) is -9.02. The lowest BCUT2D eigenvalue weighted by Crippen LogP contribution is -2.55. The number of allylic oxidation sites excluding steroid dienone is 2. The first kappa shape index (κ1) is 29.9. The van der Waals surface area contributed by atoms with Gasteiger partial charge in [0.25, 0.3) is 23.6 Å². The van der Waals surface area contributed by atoms with Crippen LogP contribution in [-0.2, 0) is 5.41 Å². The van der Waals surface area contributed by atoms with Crippen molar-refractivity contribution in [2.45, 2.75) is 24.2 Å². The number of nitrogens with zero attached hydrogens (tertiary/aromatic N) is 2. The van der Waals surface area contributed by atoms with Crippen LogP contribution in [0.1, 0.15) is 59.0 Å². The predicted octanol–water partition coefficient (Wildman–Crippen LogP) is 4.69. The van der Waals surface area contributed by atoms with E-state index in [2.05, 4.69) is 9.97 Å². The average Bonchev–Trinajstić information content (AvgIpc) is 3.56. The van der Waals surface area contributed by atoms with Crippen molar-refractivity contribution >= 4 is 41.5 Å². The fourth-order valence-corrected chi connectivity index (χ4v) is 6.10. The SMILES string of the molecule is O=C1NC(=O)c2cc(C(c3ccc4c(c3)C(=O)N(c3ccc(-c5nc6c([nH]5)=CC=CCC=6)cc3)C4=O)(C(F)(F)F)C(F)(F)F)ccc21. The van der Waals surface area contributed by atoms with Crippen molar-refractivity contribution in [3.05, 3.63) is 117 Å². The van der Waals surface area contributed by atoms with E-state index >= 15 is 0 Å². The molecule has 2 N–H and O–H groups in total. The zero-order valence-corrected chi connectivity index (χ0v) is 23.6. The van der Waals surface area contributed by atoms with Crippen molar-refractivity contribution in [1.82, 2.24) is 15.3 Å². The number of halogens is 6. The fraction of sp³-hybridized carbons (Fsp3) is 0.121. The van der Waals surface area contributed by atoms with Crippen molar-refractivity contribution in [3.63, 3.8) is 0 Å². The zero-order chi connectivity index (χ0) is 33.5. The Morgan fingerprint density at radius 1 is 0.702 bits per heavy atom. The normalized spacial score (nSPS) is 15.9. The van der Waals surface area contributed by atoms with Gasteiger partial charge in [0.2, 0.25) is 5.41 Å². The lowest BCUT2D eigenvalue weighted by atomic mass is 9.71. The standard InChI is InChI=1S/C33H18F6N4O4/c34-32(35,36)31(33(37,38)39,17-8-12-20-22(14-17)28(45)42-27(20)44)18-9-13-21-23(15-18)30(47)43(29(21)46)19-10-6-16(7-11-19)26-40-24-4-2-1-3-5-25(24)41-26/h1-2,4-15H,3H2,(H,40,41)(H,42,44,45). The molecule has 0 saturated heterocycles. The van der Waals surface area contributed by atoms with Gasteiger partial charge in [0.1, 0.15) is 5.82 Å². The van der Waals surface area contributed by atoms with Crippen LogP contribution in [0.3, 0.4) is 0 Å². The van der Waals surface area contributed by atoms with Gasteiger partial charge in [-0.05, 0) is 72.2 Å². The van der Waals surface area contributed by atoms with Crippen molar-refractivity contribution in [2.75, 3.05) is 4.90 Å². The van der Waals surface area contributed by atoms with Crippen LogP contribution in [0.15, 0.2) is 72.8 Å². The summed E-state index contributed by atoms with van der Waals surface area (Å²) >= 11 is 0. The summed E-state index contributed by atoms with van der Waals surface area (Å²) in [5.74, 6) is -3.69. The largest absolute Gasteiger partial charge is 0.411 e. The Bertz CT molecular complexity index is 2200. The molecule has 47 heavy (non-hydrogen) atoms. The molecule has 7 rings (SSSR count). The van der Waals surface area contributed by atoms with Gasteiger partial charge in [-0.1, -0.05) is 30.4 Å². The van der Waals surface area contributed by atoms with Gasteiger partial charge in [0.05, 0.1) is 38.6 Å². The quantitative estimate of drug-likeness (QED) is 0.247. The highest BCUT2D eigenvalue weighted by Gasteiger charge is 2.73. The minimum Gasteiger partial charge on any atom is -0.338 e. The van der Waals surface area contributed by atoms with Crippen molar-refractivity contribution < 1.29 is 45.5 Å². The number of benzene rings is 3. The highest BCUT2D eigenvalue weighted by molar-refractivity contribution is 6.34. The Labute approximate surface area is 259 Å². The molecule has 3 heterocycles. The number of aromatic nitrogens is 2. The molecule has 0 bridgehead atoms. The summed E-state index contributed by atoms with van der Waals surface area (Å²) in [7, 11) is 0. The second-order valence-corrected chi connectivity index (χ2v) is 11.0. The second-order valence-electron chi connectivity index (χ2n) is 11.0. The maximum atomic E-state index is 14.8. The molecule has 4 aromatic rings. The number of amides is 4. The van der Waals surface area contributed by atoms with Gasteiger partial charge < -0.3 is 4.98 Å². The molecule has 0 unspecified atom stereocenters. The van der Waals surface area contributed by atoms with Crippen LogP contribution in [0.4, 0.5) is 32.0 Å². The van der Waals surface area contributed by atoms with E-state index in [4.69, 9.17) is 0 Å². The molecular weight excluding hydrogens is 630 g/mol. The summed E-state index contributed by atoms with van der Waals surface area (Å²) in [5, 5.41) is 3.34. The smallest absolute Gasteiger partial charge is 0.338 e. The molecule has 4 amide bonds. The molecule has 1 aromatic heterocycles. The summed E-state index contributed by atoms with van der Waals surface area (Å²) in [6.45, 7) is 0. The molecule has 1 aliphatic carbocycles. The Hall–Kier alpha value is -5.79. The molecule has 0 radical (unpaired) electrons. The molecule has 3 aromatic carbocycles. The number of H-pyrrole nitrogens is 1. The molecule has 0 atom stereocenters. The molecule has 236 valence electrons. The van der Waals surface area contributed by atoms with E-state index in [1.54, 1.807) is 12.1 Å². The third-order valence-electron chi connectivity index (χ3n) is 8.35. The number of hydrogen-bond donors (Lipinski definition) is 2. The first-order valence-electron chi connectivity index (χ1n) is 13.9. The number of hydrogen-bond acceptors (Lipinski definition) is 5. The molecule has 0 spiro atoms. The van der Waals surface area contributed by atoms with Crippen molar-refractivity contribution in [2.24, 2.45) is 0 Å². The van der Waals surface area contributed by atoms with Crippen LogP contribution in [0, 0.1) is 0 Å². The van der Waals surface area contributed by atoms with E-state index in [9.17, 15) is 45.5 Å². The number of anilines is 1. The third-order valence-corrected chi connectivity index (χ3v) is 8.35. The minimum absolute atomic E-state index is 0.0304. The van der Waals surface area contributed by atoms with Crippen LogP contribution in [0.5, 0.6) is 0 Å². The highest BCUT2D eigenvalue weighted by Crippen LogP contribution is 2.57. The number of carbonyl (C=O) groups excluding carboxylic acids is 4. The van der Waals surface area contributed by atoms with Crippen LogP contribution >= 0.6 is 0 Å².